The first-order valence-corrected chi connectivity index (χ1v) is 9.62. The number of halogens is 1. The number of hydrogen-bond acceptors (Lipinski definition) is 4. The molecule has 3 fully saturated rings. The highest BCUT2D eigenvalue weighted by molar-refractivity contribution is 5.16. The molecular formula is C20H29FN2O2. The number of rotatable bonds is 4. The Kier molecular flexibility index (Phi) is 5.36. The molecule has 3 heterocycles. The summed E-state index contributed by atoms with van der Waals surface area (Å²) in [4.78, 5) is 5.01. The minimum atomic E-state index is -0.148. The van der Waals surface area contributed by atoms with Crippen molar-refractivity contribution < 1.29 is 13.9 Å². The molecule has 1 aromatic carbocycles. The summed E-state index contributed by atoms with van der Waals surface area (Å²) in [7, 11) is 0. The van der Waals surface area contributed by atoms with Crippen molar-refractivity contribution in [3.05, 3.63) is 35.6 Å². The van der Waals surface area contributed by atoms with E-state index in [0.29, 0.717) is 5.92 Å². The Morgan fingerprint density at radius 1 is 1.12 bits per heavy atom. The Hall–Kier alpha value is -1.01. The van der Waals surface area contributed by atoms with Crippen LogP contribution < -0.4 is 0 Å². The van der Waals surface area contributed by atoms with Crippen LogP contribution >= 0.6 is 0 Å². The van der Waals surface area contributed by atoms with Crippen molar-refractivity contribution >= 4 is 0 Å². The average Bonchev–Trinajstić information content (AvgIpc) is 3.11. The van der Waals surface area contributed by atoms with Crippen molar-refractivity contribution in [3.8, 4) is 0 Å². The van der Waals surface area contributed by atoms with Gasteiger partial charge in [0, 0.05) is 45.9 Å². The van der Waals surface area contributed by atoms with Crippen LogP contribution in [0.1, 0.15) is 24.8 Å². The molecule has 3 aliphatic rings. The van der Waals surface area contributed by atoms with Crippen molar-refractivity contribution in [2.75, 3.05) is 52.5 Å². The third-order valence-corrected chi connectivity index (χ3v) is 5.93. The molecule has 3 aliphatic heterocycles. The molecule has 0 saturated carbocycles. The zero-order chi connectivity index (χ0) is 17.1. The van der Waals surface area contributed by atoms with Gasteiger partial charge in [-0.3, -0.25) is 4.90 Å². The van der Waals surface area contributed by atoms with E-state index in [1.165, 1.54) is 19.0 Å². The number of ether oxygens (including phenoxy) is 2. The van der Waals surface area contributed by atoms with Gasteiger partial charge in [0.1, 0.15) is 5.82 Å². The lowest BCUT2D eigenvalue weighted by Gasteiger charge is -2.47. The zero-order valence-electron chi connectivity index (χ0n) is 15.0. The summed E-state index contributed by atoms with van der Waals surface area (Å²) in [6.45, 7) is 8.75. The molecule has 1 aromatic rings. The summed E-state index contributed by atoms with van der Waals surface area (Å²) in [5.74, 6) is 0.565. The predicted octanol–water partition coefficient (Wildman–Crippen LogP) is 2.53. The minimum absolute atomic E-state index is 0.00570. The van der Waals surface area contributed by atoms with Crippen LogP contribution in [0.3, 0.4) is 0 Å². The highest BCUT2D eigenvalue weighted by Gasteiger charge is 2.40. The molecule has 1 atom stereocenters. The molecule has 1 spiro atoms. The van der Waals surface area contributed by atoms with Crippen LogP contribution in [0.4, 0.5) is 4.39 Å². The quantitative estimate of drug-likeness (QED) is 0.835. The second-order valence-electron chi connectivity index (χ2n) is 7.90. The van der Waals surface area contributed by atoms with E-state index in [2.05, 4.69) is 9.80 Å². The van der Waals surface area contributed by atoms with Crippen LogP contribution in [0.2, 0.25) is 0 Å². The van der Waals surface area contributed by atoms with Gasteiger partial charge < -0.3 is 14.4 Å². The summed E-state index contributed by atoms with van der Waals surface area (Å²) in [5, 5.41) is 0. The van der Waals surface area contributed by atoms with Crippen LogP contribution in [0.5, 0.6) is 0 Å². The van der Waals surface area contributed by atoms with Crippen molar-refractivity contribution in [2.45, 2.75) is 31.4 Å². The Labute approximate surface area is 149 Å². The number of morpholine rings is 1. The normalized spacial score (nSPS) is 27.8. The van der Waals surface area contributed by atoms with Gasteiger partial charge in [-0.05, 0) is 42.9 Å². The summed E-state index contributed by atoms with van der Waals surface area (Å²) in [6.07, 6.45) is 3.40. The smallest absolute Gasteiger partial charge is 0.123 e. The Balaban J connectivity index is 1.30. The first-order chi connectivity index (χ1) is 12.2. The molecule has 0 bridgehead atoms. The number of hydrogen-bond donors (Lipinski definition) is 0. The molecule has 138 valence electrons. The fraction of sp³-hybridized carbons (Fsp3) is 0.700. The molecular weight excluding hydrogens is 319 g/mol. The first-order valence-electron chi connectivity index (χ1n) is 9.62. The topological polar surface area (TPSA) is 24.9 Å². The van der Waals surface area contributed by atoms with E-state index in [1.54, 1.807) is 12.1 Å². The largest absolute Gasteiger partial charge is 0.381 e. The highest BCUT2D eigenvalue weighted by Crippen LogP contribution is 2.31. The maximum absolute atomic E-state index is 13.4. The van der Waals surface area contributed by atoms with E-state index in [9.17, 15) is 4.39 Å². The standard InChI is InChI=1S/C20H29FN2O2/c21-19-3-1-2-17(12-19)13-23-9-11-25-20(16-23)5-7-22(8-6-20)14-18-4-10-24-15-18/h1-3,12,18H,4-11,13-16H2. The van der Waals surface area contributed by atoms with Crippen LogP contribution in [0, 0.1) is 11.7 Å². The fourth-order valence-corrected chi connectivity index (χ4v) is 4.49. The van der Waals surface area contributed by atoms with Crippen LogP contribution in [-0.4, -0.2) is 67.9 Å². The summed E-state index contributed by atoms with van der Waals surface area (Å²) in [6, 6.07) is 6.97. The number of piperidine rings is 1. The Morgan fingerprint density at radius 3 is 2.76 bits per heavy atom. The second-order valence-corrected chi connectivity index (χ2v) is 7.90. The molecule has 0 amide bonds. The zero-order valence-corrected chi connectivity index (χ0v) is 15.0. The lowest BCUT2D eigenvalue weighted by atomic mass is 9.88. The van der Waals surface area contributed by atoms with E-state index in [4.69, 9.17) is 9.47 Å². The van der Waals surface area contributed by atoms with E-state index < -0.39 is 0 Å². The second kappa shape index (κ2) is 7.70. The lowest BCUT2D eigenvalue weighted by molar-refractivity contribution is -0.138. The van der Waals surface area contributed by atoms with E-state index in [1.807, 2.05) is 6.07 Å². The predicted molar refractivity (Wildman–Crippen MR) is 95.0 cm³/mol. The summed E-state index contributed by atoms with van der Waals surface area (Å²) < 4.78 is 25.2. The van der Waals surface area contributed by atoms with Gasteiger partial charge in [0.05, 0.1) is 18.8 Å². The average molecular weight is 348 g/mol. The summed E-state index contributed by atoms with van der Waals surface area (Å²) in [5.41, 5.74) is 1.05. The van der Waals surface area contributed by atoms with Gasteiger partial charge in [-0.25, -0.2) is 4.39 Å². The number of benzene rings is 1. The molecule has 0 N–H and O–H groups in total. The molecule has 3 saturated heterocycles. The van der Waals surface area contributed by atoms with Gasteiger partial charge in [-0.2, -0.15) is 0 Å². The van der Waals surface area contributed by atoms with E-state index in [0.717, 1.165) is 70.9 Å². The molecule has 0 radical (unpaired) electrons. The third-order valence-electron chi connectivity index (χ3n) is 5.93. The van der Waals surface area contributed by atoms with Crippen LogP contribution in [0.25, 0.3) is 0 Å². The number of likely N-dealkylation sites (tertiary alicyclic amines) is 1. The van der Waals surface area contributed by atoms with Gasteiger partial charge in [-0.1, -0.05) is 12.1 Å². The van der Waals surface area contributed by atoms with Crippen molar-refractivity contribution in [3.63, 3.8) is 0 Å². The van der Waals surface area contributed by atoms with Gasteiger partial charge in [0.15, 0.2) is 0 Å². The highest BCUT2D eigenvalue weighted by atomic mass is 19.1. The van der Waals surface area contributed by atoms with Gasteiger partial charge in [-0.15, -0.1) is 0 Å². The Morgan fingerprint density at radius 2 is 2.00 bits per heavy atom. The van der Waals surface area contributed by atoms with Gasteiger partial charge in [0.25, 0.3) is 0 Å². The van der Waals surface area contributed by atoms with Crippen molar-refractivity contribution in [2.24, 2.45) is 5.92 Å². The van der Waals surface area contributed by atoms with E-state index in [-0.39, 0.29) is 11.4 Å². The van der Waals surface area contributed by atoms with Crippen molar-refractivity contribution in [1.29, 1.82) is 0 Å². The minimum Gasteiger partial charge on any atom is -0.381 e. The SMILES string of the molecule is Fc1cccc(CN2CCOC3(CCN(CC4CCOC4)CC3)C2)c1. The maximum Gasteiger partial charge on any atom is 0.123 e. The molecule has 0 aromatic heterocycles. The van der Waals surface area contributed by atoms with Crippen LogP contribution in [0.15, 0.2) is 24.3 Å². The van der Waals surface area contributed by atoms with E-state index >= 15 is 0 Å². The lowest BCUT2D eigenvalue weighted by Crippen LogP contribution is -2.56. The molecule has 0 aliphatic carbocycles. The first kappa shape index (κ1) is 17.4. The molecule has 25 heavy (non-hydrogen) atoms. The maximum atomic E-state index is 13.4. The molecule has 4 rings (SSSR count). The summed E-state index contributed by atoms with van der Waals surface area (Å²) >= 11 is 0. The van der Waals surface area contributed by atoms with Crippen molar-refractivity contribution in [1.82, 2.24) is 9.80 Å². The Bertz CT molecular complexity index is 569. The van der Waals surface area contributed by atoms with Crippen LogP contribution in [-0.2, 0) is 16.0 Å². The number of nitrogens with zero attached hydrogens (tertiary/aromatic N) is 2. The van der Waals surface area contributed by atoms with Gasteiger partial charge >= 0.3 is 0 Å². The molecule has 1 unspecified atom stereocenters. The fourth-order valence-electron chi connectivity index (χ4n) is 4.49. The molecule has 5 heteroatoms. The molecule has 4 nitrogen and oxygen atoms in total. The van der Waals surface area contributed by atoms with Gasteiger partial charge in [0.2, 0.25) is 0 Å². The monoisotopic (exact) mass is 348 g/mol. The third kappa shape index (κ3) is 4.40.